The first-order chi connectivity index (χ1) is 11.0. The topological polar surface area (TPSA) is 121 Å². The van der Waals surface area contributed by atoms with Crippen LogP contribution in [0.15, 0.2) is 37.8 Å². The van der Waals surface area contributed by atoms with Crippen LogP contribution in [-0.4, -0.2) is 20.9 Å². The van der Waals surface area contributed by atoms with Gasteiger partial charge in [0.1, 0.15) is 5.69 Å². The predicted octanol–water partition coefficient (Wildman–Crippen LogP) is 1.27. The number of furan rings is 1. The maximum Gasteiger partial charge on any atom is 0.325 e. The Morgan fingerprint density at radius 1 is 1.39 bits per heavy atom. The van der Waals surface area contributed by atoms with Gasteiger partial charge in [-0.05, 0) is 19.1 Å². The van der Waals surface area contributed by atoms with E-state index in [1.165, 1.54) is 17.6 Å². The van der Waals surface area contributed by atoms with E-state index < -0.39 is 17.2 Å². The fraction of sp³-hybridized carbons (Fsp3) is 0.143. The van der Waals surface area contributed by atoms with E-state index in [0.717, 1.165) is 0 Å². The maximum absolute atomic E-state index is 12.1. The van der Waals surface area contributed by atoms with Crippen LogP contribution >= 0.6 is 11.3 Å². The van der Waals surface area contributed by atoms with E-state index in [9.17, 15) is 14.4 Å². The number of carbonyl (C=O) groups excluding carboxylic acids is 1. The Morgan fingerprint density at radius 3 is 2.91 bits per heavy atom. The van der Waals surface area contributed by atoms with Crippen molar-refractivity contribution in [2.24, 2.45) is 0 Å². The number of amides is 1. The van der Waals surface area contributed by atoms with Gasteiger partial charge in [0.15, 0.2) is 10.9 Å². The van der Waals surface area contributed by atoms with Crippen molar-refractivity contribution in [2.45, 2.75) is 13.3 Å². The highest BCUT2D eigenvalue weighted by atomic mass is 32.1. The van der Waals surface area contributed by atoms with E-state index in [2.05, 4.69) is 20.3 Å². The lowest BCUT2D eigenvalue weighted by Crippen LogP contribution is -2.29. The third kappa shape index (κ3) is 3.29. The monoisotopic (exact) mass is 332 g/mol. The number of anilines is 1. The summed E-state index contributed by atoms with van der Waals surface area (Å²) in [6.07, 6.45) is 1.38. The quantitative estimate of drug-likeness (QED) is 0.664. The normalized spacial score (nSPS) is 10.7. The SMILES string of the molecule is Cc1[nH]c(=O)[nH]c(=O)c1CC(=O)Nc1nc(-c2ccco2)cs1. The minimum Gasteiger partial charge on any atom is -0.463 e. The minimum atomic E-state index is -0.598. The summed E-state index contributed by atoms with van der Waals surface area (Å²) >= 11 is 1.25. The highest BCUT2D eigenvalue weighted by Crippen LogP contribution is 2.25. The number of hydrogen-bond acceptors (Lipinski definition) is 6. The number of thiazole rings is 1. The standard InChI is InChI=1S/C14H12N4O4S/c1-7-8(12(20)18-13(21)15-7)5-11(19)17-14-16-9(6-23-14)10-3-2-4-22-10/h2-4,6H,5H2,1H3,(H,16,17,19)(H2,15,18,20,21). The van der Waals surface area contributed by atoms with Gasteiger partial charge in [-0.15, -0.1) is 11.3 Å². The highest BCUT2D eigenvalue weighted by molar-refractivity contribution is 7.14. The molecule has 0 atom stereocenters. The number of H-pyrrole nitrogens is 2. The van der Waals surface area contributed by atoms with E-state index in [4.69, 9.17) is 4.42 Å². The molecule has 8 nitrogen and oxygen atoms in total. The van der Waals surface area contributed by atoms with E-state index in [1.54, 1.807) is 24.4 Å². The van der Waals surface area contributed by atoms with Crippen molar-refractivity contribution in [1.29, 1.82) is 0 Å². The zero-order chi connectivity index (χ0) is 16.4. The molecule has 3 rings (SSSR count). The Hall–Kier alpha value is -2.94. The Bertz CT molecular complexity index is 952. The predicted molar refractivity (Wildman–Crippen MR) is 84.6 cm³/mol. The molecule has 9 heteroatoms. The molecule has 0 saturated carbocycles. The second-order valence-electron chi connectivity index (χ2n) is 4.75. The Kier molecular flexibility index (Phi) is 3.94. The van der Waals surface area contributed by atoms with Crippen LogP contribution in [-0.2, 0) is 11.2 Å². The molecule has 0 radical (unpaired) electrons. The van der Waals surface area contributed by atoms with Gasteiger partial charge >= 0.3 is 5.69 Å². The first kappa shape index (κ1) is 15.0. The average Bonchev–Trinajstić information content (AvgIpc) is 3.13. The van der Waals surface area contributed by atoms with Gasteiger partial charge in [0.2, 0.25) is 5.91 Å². The zero-order valence-corrected chi connectivity index (χ0v) is 12.8. The highest BCUT2D eigenvalue weighted by Gasteiger charge is 2.14. The van der Waals surface area contributed by atoms with Gasteiger partial charge in [0.05, 0.1) is 12.7 Å². The maximum atomic E-state index is 12.1. The molecular weight excluding hydrogens is 320 g/mol. The van der Waals surface area contributed by atoms with Gasteiger partial charge in [-0.2, -0.15) is 0 Å². The smallest absolute Gasteiger partial charge is 0.325 e. The summed E-state index contributed by atoms with van der Waals surface area (Å²) in [5, 5.41) is 4.78. The molecule has 3 aromatic rings. The molecule has 0 aliphatic rings. The summed E-state index contributed by atoms with van der Waals surface area (Å²) in [6.45, 7) is 1.57. The van der Waals surface area contributed by atoms with Crippen LogP contribution in [0.4, 0.5) is 5.13 Å². The van der Waals surface area contributed by atoms with Crippen molar-refractivity contribution in [2.75, 3.05) is 5.32 Å². The van der Waals surface area contributed by atoms with E-state index in [0.29, 0.717) is 22.3 Å². The van der Waals surface area contributed by atoms with E-state index in [-0.39, 0.29) is 12.0 Å². The van der Waals surface area contributed by atoms with Crippen LogP contribution in [0.1, 0.15) is 11.3 Å². The lowest BCUT2D eigenvalue weighted by molar-refractivity contribution is -0.115. The Morgan fingerprint density at radius 2 is 2.22 bits per heavy atom. The second-order valence-corrected chi connectivity index (χ2v) is 5.61. The minimum absolute atomic E-state index is 0.159. The first-order valence-corrected chi connectivity index (χ1v) is 7.52. The summed E-state index contributed by atoms with van der Waals surface area (Å²) in [7, 11) is 0. The number of nitrogens with zero attached hydrogens (tertiary/aromatic N) is 1. The van der Waals surface area contributed by atoms with Crippen molar-refractivity contribution in [1.82, 2.24) is 15.0 Å². The number of aryl methyl sites for hydroxylation is 1. The van der Waals surface area contributed by atoms with Gasteiger partial charge in [-0.25, -0.2) is 9.78 Å². The summed E-state index contributed by atoms with van der Waals surface area (Å²) in [4.78, 5) is 43.7. The third-order valence-corrected chi connectivity index (χ3v) is 3.87. The van der Waals surface area contributed by atoms with Crippen molar-refractivity contribution in [3.63, 3.8) is 0 Å². The fourth-order valence-electron chi connectivity index (χ4n) is 2.03. The zero-order valence-electron chi connectivity index (χ0n) is 12.0. The molecule has 0 bridgehead atoms. The summed E-state index contributed by atoms with van der Waals surface area (Å²) in [5.41, 5.74) is 0.0269. The van der Waals surface area contributed by atoms with E-state index >= 15 is 0 Å². The summed E-state index contributed by atoms with van der Waals surface area (Å²) in [5.74, 6) is 0.209. The van der Waals surface area contributed by atoms with Crippen LogP contribution in [0.2, 0.25) is 0 Å². The molecule has 0 aliphatic carbocycles. The van der Waals surface area contributed by atoms with Crippen LogP contribution in [0.3, 0.4) is 0 Å². The second kappa shape index (κ2) is 6.05. The molecule has 3 aromatic heterocycles. The van der Waals surface area contributed by atoms with Gasteiger partial charge < -0.3 is 14.7 Å². The number of carbonyl (C=O) groups is 1. The van der Waals surface area contributed by atoms with Crippen LogP contribution < -0.4 is 16.6 Å². The number of rotatable bonds is 4. The third-order valence-electron chi connectivity index (χ3n) is 3.12. The number of aromatic amines is 2. The fourth-order valence-corrected chi connectivity index (χ4v) is 2.75. The summed E-state index contributed by atoms with van der Waals surface area (Å²) < 4.78 is 5.23. The number of hydrogen-bond donors (Lipinski definition) is 3. The molecule has 0 aliphatic heterocycles. The Balaban J connectivity index is 1.73. The summed E-state index contributed by atoms with van der Waals surface area (Å²) in [6, 6.07) is 3.52. The van der Waals surface area contributed by atoms with Crippen LogP contribution in [0.5, 0.6) is 0 Å². The number of nitrogens with one attached hydrogen (secondary N) is 3. The van der Waals surface area contributed by atoms with Gasteiger partial charge in [0.25, 0.3) is 5.56 Å². The molecule has 0 aromatic carbocycles. The number of aromatic nitrogens is 3. The van der Waals surface area contributed by atoms with Crippen molar-refractivity contribution in [3.05, 3.63) is 55.9 Å². The molecule has 0 saturated heterocycles. The molecule has 3 N–H and O–H groups in total. The lowest BCUT2D eigenvalue weighted by atomic mass is 10.1. The largest absolute Gasteiger partial charge is 0.463 e. The van der Waals surface area contributed by atoms with Crippen LogP contribution in [0, 0.1) is 6.92 Å². The van der Waals surface area contributed by atoms with Crippen molar-refractivity contribution < 1.29 is 9.21 Å². The first-order valence-electron chi connectivity index (χ1n) is 6.64. The molecule has 0 unspecified atom stereocenters. The van der Waals surface area contributed by atoms with Gasteiger partial charge in [0, 0.05) is 16.6 Å². The van der Waals surface area contributed by atoms with Gasteiger partial charge in [-0.1, -0.05) is 0 Å². The molecule has 0 fully saturated rings. The van der Waals surface area contributed by atoms with E-state index in [1.807, 2.05) is 0 Å². The van der Waals surface area contributed by atoms with Gasteiger partial charge in [-0.3, -0.25) is 14.6 Å². The van der Waals surface area contributed by atoms with Crippen LogP contribution in [0.25, 0.3) is 11.5 Å². The van der Waals surface area contributed by atoms with Crippen molar-refractivity contribution in [3.8, 4) is 11.5 Å². The Labute approximate surface area is 133 Å². The van der Waals surface area contributed by atoms with Crippen molar-refractivity contribution >= 4 is 22.4 Å². The molecular formula is C14H12N4O4S. The molecule has 23 heavy (non-hydrogen) atoms. The lowest BCUT2D eigenvalue weighted by Gasteiger charge is -2.03. The molecule has 3 heterocycles. The molecule has 1 amide bonds. The average molecular weight is 332 g/mol. The molecule has 0 spiro atoms. The molecule has 118 valence electrons.